The maximum Gasteiger partial charge on any atom is 0.0991 e. The molecule has 0 aliphatic heterocycles. The van der Waals surface area contributed by atoms with E-state index in [1.54, 1.807) is 0 Å². The summed E-state index contributed by atoms with van der Waals surface area (Å²) in [5.41, 5.74) is 16.0. The Hall–Kier alpha value is -6.74. The SMILES string of the molecule is CC1=c2c(ccc/c2=C(/C)c2c(C)cccc2C)-c2cc3c(-c4ccc(C#N)cc4)cc4c5ccccc5c(-c5ccc(C#N)cc5)cc4c3cc21. The van der Waals surface area contributed by atoms with Crippen molar-refractivity contribution >= 4 is 43.5 Å². The molecule has 0 unspecified atom stereocenters. The zero-order chi connectivity index (χ0) is 35.7. The average Bonchev–Trinajstić information content (AvgIpc) is 3.46. The standard InChI is InChI=1S/C50H34N2/c1-29-9-7-10-30(2)49(29)31(3)37-13-8-14-40-45-26-46-43(36-21-17-34(28-52)18-22-36)25-44-39-12-6-5-11-38(39)42(35-19-15-33(27-51)16-20-35)24-48(44)47(46)23-41(45)32(4)50(37)40/h5-26H,1-4H3/b37-31+. The summed E-state index contributed by atoms with van der Waals surface area (Å²) in [5, 5.41) is 28.8. The fraction of sp³-hybridized carbons (Fsp3) is 0.0800. The first-order valence-electron chi connectivity index (χ1n) is 17.7. The zero-order valence-electron chi connectivity index (χ0n) is 29.6. The van der Waals surface area contributed by atoms with Crippen molar-refractivity contribution in [3.63, 3.8) is 0 Å². The van der Waals surface area contributed by atoms with Gasteiger partial charge in [0.1, 0.15) is 0 Å². The van der Waals surface area contributed by atoms with Crippen LogP contribution in [-0.2, 0) is 0 Å². The first kappa shape index (κ1) is 31.3. The van der Waals surface area contributed by atoms with Gasteiger partial charge in [0.15, 0.2) is 0 Å². The molecule has 2 nitrogen and oxygen atoms in total. The van der Waals surface area contributed by atoms with Gasteiger partial charge in [0, 0.05) is 0 Å². The maximum atomic E-state index is 9.60. The summed E-state index contributed by atoms with van der Waals surface area (Å²) >= 11 is 0. The average molecular weight is 663 g/mol. The van der Waals surface area contributed by atoms with E-state index in [1.165, 1.54) is 87.3 Å². The summed E-state index contributed by atoms with van der Waals surface area (Å²) in [5.74, 6) is 0. The van der Waals surface area contributed by atoms with Crippen LogP contribution in [0.2, 0.25) is 0 Å². The van der Waals surface area contributed by atoms with Crippen LogP contribution in [-0.4, -0.2) is 0 Å². The molecule has 0 aromatic heterocycles. The molecule has 0 atom stereocenters. The Morgan fingerprint density at radius 2 is 0.942 bits per heavy atom. The number of hydrogen-bond donors (Lipinski definition) is 0. The van der Waals surface area contributed by atoms with Crippen LogP contribution in [0, 0.1) is 36.5 Å². The third-order valence-electron chi connectivity index (χ3n) is 11.2. The van der Waals surface area contributed by atoms with Crippen LogP contribution in [0.4, 0.5) is 0 Å². The predicted octanol–water partition coefficient (Wildman–Crippen LogP) is 11.3. The third kappa shape index (κ3) is 4.70. The molecule has 52 heavy (non-hydrogen) atoms. The highest BCUT2D eigenvalue weighted by Crippen LogP contribution is 2.45. The summed E-state index contributed by atoms with van der Waals surface area (Å²) < 4.78 is 0. The Bertz CT molecular complexity index is 3020. The van der Waals surface area contributed by atoms with E-state index in [2.05, 4.69) is 149 Å². The highest BCUT2D eigenvalue weighted by atomic mass is 14.3. The van der Waals surface area contributed by atoms with Crippen LogP contribution in [0.1, 0.15) is 47.2 Å². The zero-order valence-corrected chi connectivity index (χ0v) is 29.6. The van der Waals surface area contributed by atoms with E-state index < -0.39 is 0 Å². The lowest BCUT2D eigenvalue weighted by Gasteiger charge is -2.18. The molecular weight excluding hydrogens is 629 g/mol. The van der Waals surface area contributed by atoms with Crippen molar-refractivity contribution in [1.82, 2.24) is 0 Å². The minimum Gasteiger partial charge on any atom is -0.192 e. The minimum atomic E-state index is 0.648. The first-order valence-corrected chi connectivity index (χ1v) is 17.7. The van der Waals surface area contributed by atoms with Gasteiger partial charge in [-0.05, 0) is 186 Å². The topological polar surface area (TPSA) is 47.6 Å². The van der Waals surface area contributed by atoms with E-state index in [1.807, 2.05) is 24.3 Å². The summed E-state index contributed by atoms with van der Waals surface area (Å²) in [6.07, 6.45) is 0. The van der Waals surface area contributed by atoms with Crippen LogP contribution in [0.3, 0.4) is 0 Å². The Balaban J connectivity index is 1.42. The Morgan fingerprint density at radius 1 is 0.442 bits per heavy atom. The van der Waals surface area contributed by atoms with Crippen molar-refractivity contribution in [3.8, 4) is 45.5 Å². The predicted molar refractivity (Wildman–Crippen MR) is 216 cm³/mol. The number of nitrogens with zero attached hydrogens (tertiary/aromatic N) is 2. The fourth-order valence-electron chi connectivity index (χ4n) is 8.67. The van der Waals surface area contributed by atoms with Crippen LogP contribution in [0.25, 0.3) is 76.8 Å². The second-order valence-electron chi connectivity index (χ2n) is 14.1. The molecule has 0 N–H and O–H groups in total. The van der Waals surface area contributed by atoms with Crippen LogP contribution < -0.4 is 10.4 Å². The molecule has 244 valence electrons. The first-order chi connectivity index (χ1) is 25.4. The minimum absolute atomic E-state index is 0.648. The van der Waals surface area contributed by atoms with Gasteiger partial charge >= 0.3 is 0 Å². The third-order valence-corrected chi connectivity index (χ3v) is 11.2. The van der Waals surface area contributed by atoms with Gasteiger partial charge in [-0.3, -0.25) is 0 Å². The summed E-state index contributed by atoms with van der Waals surface area (Å²) in [4.78, 5) is 0. The molecule has 0 spiro atoms. The van der Waals surface area contributed by atoms with Gasteiger partial charge in [0.05, 0.1) is 23.3 Å². The van der Waals surface area contributed by atoms with Crippen molar-refractivity contribution in [2.75, 3.05) is 0 Å². The van der Waals surface area contributed by atoms with Gasteiger partial charge in [-0.15, -0.1) is 0 Å². The van der Waals surface area contributed by atoms with Crippen molar-refractivity contribution in [3.05, 3.63) is 177 Å². The van der Waals surface area contributed by atoms with Crippen molar-refractivity contribution < 1.29 is 0 Å². The van der Waals surface area contributed by atoms with E-state index in [0.29, 0.717) is 11.1 Å². The Morgan fingerprint density at radius 3 is 1.56 bits per heavy atom. The number of hydrogen-bond acceptors (Lipinski definition) is 2. The van der Waals surface area contributed by atoms with Crippen molar-refractivity contribution in [2.24, 2.45) is 0 Å². The second-order valence-corrected chi connectivity index (χ2v) is 14.1. The Kier molecular flexibility index (Phi) is 7.18. The molecular formula is C50H34N2. The van der Waals surface area contributed by atoms with E-state index in [0.717, 1.165) is 22.3 Å². The van der Waals surface area contributed by atoms with Crippen molar-refractivity contribution in [1.29, 1.82) is 10.5 Å². The number of rotatable bonds is 3. The fourth-order valence-corrected chi connectivity index (χ4v) is 8.67. The quantitative estimate of drug-likeness (QED) is 0.177. The lowest BCUT2D eigenvalue weighted by Crippen LogP contribution is -2.28. The van der Waals surface area contributed by atoms with Gasteiger partial charge in [-0.1, -0.05) is 84.9 Å². The number of fused-ring (bicyclic) bond motifs is 8. The van der Waals surface area contributed by atoms with E-state index in [4.69, 9.17) is 0 Å². The largest absolute Gasteiger partial charge is 0.192 e. The molecule has 0 saturated carbocycles. The van der Waals surface area contributed by atoms with Gasteiger partial charge in [-0.2, -0.15) is 10.5 Å². The molecule has 0 amide bonds. The van der Waals surface area contributed by atoms with Crippen molar-refractivity contribution in [2.45, 2.75) is 27.7 Å². The summed E-state index contributed by atoms with van der Waals surface area (Å²) in [7, 11) is 0. The van der Waals surface area contributed by atoms with E-state index >= 15 is 0 Å². The van der Waals surface area contributed by atoms with Gasteiger partial charge in [0.2, 0.25) is 0 Å². The molecule has 0 saturated heterocycles. The van der Waals surface area contributed by atoms with Gasteiger partial charge in [0.25, 0.3) is 0 Å². The van der Waals surface area contributed by atoms with E-state index in [9.17, 15) is 10.5 Å². The summed E-state index contributed by atoms with van der Waals surface area (Å²) in [6.45, 7) is 8.96. The molecule has 8 aromatic carbocycles. The van der Waals surface area contributed by atoms with Crippen LogP contribution in [0.5, 0.6) is 0 Å². The smallest absolute Gasteiger partial charge is 0.0991 e. The number of benzene rings is 8. The van der Waals surface area contributed by atoms with E-state index in [-0.39, 0.29) is 0 Å². The summed E-state index contributed by atoms with van der Waals surface area (Å²) in [6, 6.07) is 51.9. The molecule has 0 fully saturated rings. The van der Waals surface area contributed by atoms with Crippen LogP contribution in [0.15, 0.2) is 133 Å². The van der Waals surface area contributed by atoms with Gasteiger partial charge < -0.3 is 0 Å². The number of nitriles is 2. The Labute approximate surface area is 303 Å². The maximum absolute atomic E-state index is 9.60. The monoisotopic (exact) mass is 662 g/mol. The second kappa shape index (κ2) is 11.9. The molecule has 8 aromatic rings. The lowest BCUT2D eigenvalue weighted by molar-refractivity contribution is 1.31. The van der Waals surface area contributed by atoms with Crippen LogP contribution >= 0.6 is 0 Å². The molecule has 1 aliphatic carbocycles. The molecule has 0 radical (unpaired) electrons. The molecule has 1 aliphatic rings. The van der Waals surface area contributed by atoms with Gasteiger partial charge in [-0.25, -0.2) is 0 Å². The molecule has 0 heterocycles. The molecule has 0 bridgehead atoms. The molecule has 2 heteroatoms. The highest BCUT2D eigenvalue weighted by molar-refractivity contribution is 6.25. The normalized spacial score (nSPS) is 12.5. The molecule has 9 rings (SSSR count). The number of aryl methyl sites for hydroxylation is 2. The highest BCUT2D eigenvalue weighted by Gasteiger charge is 2.23. The lowest BCUT2D eigenvalue weighted by atomic mass is 9.85.